The fraction of sp³-hybridized carbons (Fsp3) is 0.214. The van der Waals surface area contributed by atoms with E-state index in [0.717, 1.165) is 17.1 Å². The number of aromatic nitrogens is 4. The Bertz CT molecular complexity index is 991. The Kier molecular flexibility index (Phi) is 4.11. The number of benzene rings is 1. The first kappa shape index (κ1) is 17.1. The van der Waals surface area contributed by atoms with Gasteiger partial charge >= 0.3 is 6.18 Å². The number of sulfone groups is 1. The van der Waals surface area contributed by atoms with Crippen LogP contribution in [0.15, 0.2) is 46.1 Å². The number of hydrogen-bond donors (Lipinski definition) is 0. The second-order valence-electron chi connectivity index (χ2n) is 5.26. The molecule has 3 rings (SSSR count). The van der Waals surface area contributed by atoms with Crippen LogP contribution in [0, 0.1) is 0 Å². The van der Waals surface area contributed by atoms with Gasteiger partial charge in [0.25, 0.3) is 5.89 Å². The monoisotopic (exact) mass is 372 g/mol. The zero-order valence-electron chi connectivity index (χ0n) is 12.7. The van der Waals surface area contributed by atoms with Crippen LogP contribution >= 0.6 is 0 Å². The first-order valence-corrected chi connectivity index (χ1v) is 8.75. The Hall–Kier alpha value is -2.69. The van der Waals surface area contributed by atoms with Crippen LogP contribution in [0.25, 0.3) is 22.8 Å². The summed E-state index contributed by atoms with van der Waals surface area (Å²) in [6, 6.07) is 5.83. The second kappa shape index (κ2) is 5.99. The predicted octanol–water partition coefficient (Wildman–Crippen LogP) is 2.57. The van der Waals surface area contributed by atoms with Crippen LogP contribution in [0.4, 0.5) is 13.2 Å². The molecular weight excluding hydrogens is 361 g/mol. The highest BCUT2D eigenvalue weighted by atomic mass is 32.2. The highest BCUT2D eigenvalue weighted by Crippen LogP contribution is 2.24. The molecule has 0 amide bonds. The van der Waals surface area contributed by atoms with E-state index in [2.05, 4.69) is 15.2 Å². The molecule has 25 heavy (non-hydrogen) atoms. The van der Waals surface area contributed by atoms with Gasteiger partial charge in [0.1, 0.15) is 6.54 Å². The number of rotatable bonds is 4. The molecule has 0 aliphatic heterocycles. The molecular formula is C14H11F3N4O3S. The third-order valence-electron chi connectivity index (χ3n) is 3.19. The minimum absolute atomic E-state index is 0.00983. The van der Waals surface area contributed by atoms with Gasteiger partial charge in [-0.1, -0.05) is 5.16 Å². The molecule has 0 N–H and O–H groups in total. The van der Waals surface area contributed by atoms with Crippen LogP contribution in [-0.2, 0) is 16.4 Å². The Labute approximate surface area is 140 Å². The quantitative estimate of drug-likeness (QED) is 0.699. The van der Waals surface area contributed by atoms with Crippen LogP contribution in [0.5, 0.6) is 0 Å². The van der Waals surface area contributed by atoms with Gasteiger partial charge in [-0.25, -0.2) is 8.42 Å². The van der Waals surface area contributed by atoms with Crippen molar-refractivity contribution in [2.45, 2.75) is 17.6 Å². The Morgan fingerprint density at radius 1 is 1.16 bits per heavy atom. The number of nitrogens with zero attached hydrogens (tertiary/aromatic N) is 4. The third kappa shape index (κ3) is 4.05. The van der Waals surface area contributed by atoms with Crippen molar-refractivity contribution >= 4 is 9.84 Å². The largest absolute Gasteiger partial charge is 0.408 e. The molecule has 11 heteroatoms. The summed E-state index contributed by atoms with van der Waals surface area (Å²) >= 11 is 0. The van der Waals surface area contributed by atoms with Crippen LogP contribution in [0.1, 0.15) is 0 Å². The summed E-state index contributed by atoms with van der Waals surface area (Å²) in [7, 11) is -3.32. The summed E-state index contributed by atoms with van der Waals surface area (Å²) < 4.78 is 65.6. The van der Waals surface area contributed by atoms with Crippen LogP contribution in [0.3, 0.4) is 0 Å². The molecule has 0 aliphatic rings. The lowest BCUT2D eigenvalue weighted by Crippen LogP contribution is -2.17. The van der Waals surface area contributed by atoms with Crippen molar-refractivity contribution in [2.75, 3.05) is 6.26 Å². The number of halogens is 3. The van der Waals surface area contributed by atoms with Gasteiger partial charge in [0.2, 0.25) is 5.82 Å². The number of hydrogen-bond acceptors (Lipinski definition) is 6. The summed E-state index contributed by atoms with van der Waals surface area (Å²) in [5.41, 5.74) is 0.751. The first-order valence-electron chi connectivity index (χ1n) is 6.86. The second-order valence-corrected chi connectivity index (χ2v) is 7.28. The van der Waals surface area contributed by atoms with Gasteiger partial charge in [-0.05, 0) is 24.3 Å². The summed E-state index contributed by atoms with van der Waals surface area (Å²) in [5.74, 6) is 0.189. The Balaban J connectivity index is 1.83. The molecule has 0 bridgehead atoms. The van der Waals surface area contributed by atoms with E-state index < -0.39 is 22.6 Å². The molecule has 132 valence electrons. The molecule has 0 atom stereocenters. The fourth-order valence-corrected chi connectivity index (χ4v) is 2.68. The van der Waals surface area contributed by atoms with Crippen molar-refractivity contribution in [3.05, 3.63) is 36.7 Å². The van der Waals surface area contributed by atoms with E-state index in [1.54, 1.807) is 0 Å². The average molecular weight is 372 g/mol. The molecule has 0 radical (unpaired) electrons. The van der Waals surface area contributed by atoms with Crippen molar-refractivity contribution in [3.8, 4) is 22.8 Å². The minimum Gasteiger partial charge on any atom is -0.333 e. The van der Waals surface area contributed by atoms with Gasteiger partial charge < -0.3 is 4.52 Å². The van der Waals surface area contributed by atoms with Crippen LogP contribution in [0.2, 0.25) is 0 Å². The Morgan fingerprint density at radius 2 is 1.84 bits per heavy atom. The fourth-order valence-electron chi connectivity index (χ4n) is 2.05. The van der Waals surface area contributed by atoms with Gasteiger partial charge in [0.05, 0.1) is 16.7 Å². The zero-order chi connectivity index (χ0) is 18.2. The maximum Gasteiger partial charge on any atom is 0.408 e. The average Bonchev–Trinajstić information content (AvgIpc) is 3.13. The predicted molar refractivity (Wildman–Crippen MR) is 80.1 cm³/mol. The molecule has 0 unspecified atom stereocenters. The molecule has 0 saturated carbocycles. The topological polar surface area (TPSA) is 90.9 Å². The van der Waals surface area contributed by atoms with Gasteiger partial charge in [-0.15, -0.1) is 0 Å². The summed E-state index contributed by atoms with van der Waals surface area (Å²) in [5, 5.41) is 7.34. The van der Waals surface area contributed by atoms with Gasteiger partial charge in [0, 0.05) is 18.0 Å². The molecule has 2 aromatic heterocycles. The third-order valence-corrected chi connectivity index (χ3v) is 4.32. The molecule has 2 heterocycles. The highest BCUT2D eigenvalue weighted by molar-refractivity contribution is 7.90. The first-order chi connectivity index (χ1) is 11.6. The van der Waals surface area contributed by atoms with Crippen LogP contribution in [-0.4, -0.2) is 40.8 Å². The van der Waals surface area contributed by atoms with Crippen molar-refractivity contribution in [1.29, 1.82) is 0 Å². The van der Waals surface area contributed by atoms with Crippen molar-refractivity contribution in [2.24, 2.45) is 0 Å². The molecule has 0 spiro atoms. The van der Waals surface area contributed by atoms with E-state index in [0.29, 0.717) is 5.56 Å². The molecule has 1 aromatic carbocycles. The van der Waals surface area contributed by atoms with E-state index in [4.69, 9.17) is 4.52 Å². The highest BCUT2D eigenvalue weighted by Gasteiger charge is 2.28. The lowest BCUT2D eigenvalue weighted by Gasteiger charge is -2.04. The van der Waals surface area contributed by atoms with Gasteiger partial charge in [-0.2, -0.15) is 23.3 Å². The normalized spacial score (nSPS) is 12.5. The summed E-state index contributed by atoms with van der Waals surface area (Å²) in [6.45, 7) is -1.22. The maximum absolute atomic E-state index is 12.3. The molecule has 0 saturated heterocycles. The van der Waals surface area contributed by atoms with Gasteiger partial charge in [-0.3, -0.25) is 4.68 Å². The molecule has 0 aliphatic carbocycles. The van der Waals surface area contributed by atoms with Crippen LogP contribution < -0.4 is 0 Å². The SMILES string of the molecule is CS(=O)(=O)c1ccc(-c2noc(-c3cnn(CC(F)(F)F)c3)n2)cc1. The van der Waals surface area contributed by atoms with E-state index >= 15 is 0 Å². The number of alkyl halides is 3. The van der Waals surface area contributed by atoms with E-state index in [1.165, 1.54) is 30.5 Å². The zero-order valence-corrected chi connectivity index (χ0v) is 13.5. The smallest absolute Gasteiger partial charge is 0.333 e. The lowest BCUT2D eigenvalue weighted by atomic mass is 10.2. The Morgan fingerprint density at radius 3 is 2.44 bits per heavy atom. The van der Waals surface area contributed by atoms with Crippen molar-refractivity contribution in [1.82, 2.24) is 19.9 Å². The molecule has 7 nitrogen and oxygen atoms in total. The van der Waals surface area contributed by atoms with Crippen molar-refractivity contribution < 1.29 is 26.1 Å². The molecule has 0 fully saturated rings. The standard InChI is InChI=1S/C14H11F3N4O3S/c1-25(22,23)11-4-2-9(3-5-11)12-19-13(24-20-12)10-6-18-21(7-10)8-14(15,16)17/h2-7H,8H2,1H3. The van der Waals surface area contributed by atoms with E-state index in [-0.39, 0.29) is 22.2 Å². The maximum atomic E-state index is 12.3. The minimum atomic E-state index is -4.38. The van der Waals surface area contributed by atoms with Crippen molar-refractivity contribution in [3.63, 3.8) is 0 Å². The van der Waals surface area contributed by atoms with Gasteiger partial charge in [0.15, 0.2) is 9.84 Å². The summed E-state index contributed by atoms with van der Waals surface area (Å²) in [4.78, 5) is 4.24. The lowest BCUT2D eigenvalue weighted by molar-refractivity contribution is -0.142. The molecule has 3 aromatic rings. The van der Waals surface area contributed by atoms with E-state index in [9.17, 15) is 21.6 Å². The summed E-state index contributed by atoms with van der Waals surface area (Å²) in [6.07, 6.45) is -0.953. The van der Waals surface area contributed by atoms with E-state index in [1.807, 2.05) is 0 Å².